The molecular formula is C37H76N4O2. The molecule has 4 heterocycles. The Morgan fingerprint density at radius 1 is 0.488 bits per heavy atom. The lowest BCUT2D eigenvalue weighted by Gasteiger charge is -2.40. The monoisotopic (exact) mass is 609 g/mol. The Hall–Kier alpha value is -0.690. The fraction of sp³-hybridized carbons (Fsp3) is 0.973. The van der Waals surface area contributed by atoms with Gasteiger partial charge in [0.1, 0.15) is 0 Å². The lowest BCUT2D eigenvalue weighted by molar-refractivity contribution is -0.141. The number of carbonyl (C=O) groups is 1. The third-order valence-electron chi connectivity index (χ3n) is 9.90. The lowest BCUT2D eigenvalue weighted by atomic mass is 9.95. The fourth-order valence-electron chi connectivity index (χ4n) is 6.36. The number of rotatable bonds is 1. The van der Waals surface area contributed by atoms with E-state index in [2.05, 4.69) is 117 Å². The molecular weight excluding hydrogens is 532 g/mol. The maximum absolute atomic E-state index is 10.6. The summed E-state index contributed by atoms with van der Waals surface area (Å²) in [4.78, 5) is 20.6. The highest BCUT2D eigenvalue weighted by atomic mass is 16.4. The number of piperidine rings is 2. The summed E-state index contributed by atoms with van der Waals surface area (Å²) in [5, 5.41) is 8.77. The smallest absolute Gasteiger partial charge is 0.307 e. The van der Waals surface area contributed by atoms with Gasteiger partial charge < -0.3 is 5.11 Å². The summed E-state index contributed by atoms with van der Waals surface area (Å²) in [5.41, 5.74) is 1.30. The van der Waals surface area contributed by atoms with E-state index in [0.717, 1.165) is 24.8 Å². The van der Waals surface area contributed by atoms with E-state index in [9.17, 15) is 4.79 Å². The van der Waals surface area contributed by atoms with Gasteiger partial charge >= 0.3 is 5.97 Å². The van der Waals surface area contributed by atoms with Crippen LogP contribution in [0.25, 0.3) is 0 Å². The Morgan fingerprint density at radius 2 is 0.837 bits per heavy atom. The van der Waals surface area contributed by atoms with Crippen molar-refractivity contribution in [3.63, 3.8) is 0 Å². The number of carboxylic acid groups (broad SMARTS) is 1. The summed E-state index contributed by atoms with van der Waals surface area (Å²) < 4.78 is 0. The summed E-state index contributed by atoms with van der Waals surface area (Å²) in [6.07, 6.45) is 9.19. The first kappa shape index (κ1) is 40.3. The van der Waals surface area contributed by atoms with E-state index >= 15 is 0 Å². The van der Waals surface area contributed by atoms with Crippen molar-refractivity contribution in [3.05, 3.63) is 0 Å². The van der Waals surface area contributed by atoms with Crippen molar-refractivity contribution in [1.82, 2.24) is 19.6 Å². The molecule has 2 unspecified atom stereocenters. The first-order valence-corrected chi connectivity index (χ1v) is 17.7. The van der Waals surface area contributed by atoms with E-state index in [4.69, 9.17) is 5.11 Å². The highest BCUT2D eigenvalue weighted by Crippen LogP contribution is 2.25. The third-order valence-corrected chi connectivity index (χ3v) is 9.90. The van der Waals surface area contributed by atoms with Gasteiger partial charge in [-0.1, -0.05) is 20.3 Å². The van der Waals surface area contributed by atoms with E-state index in [1.54, 1.807) is 0 Å². The van der Waals surface area contributed by atoms with Gasteiger partial charge in [-0.05, 0) is 173 Å². The first-order chi connectivity index (χ1) is 19.5. The van der Waals surface area contributed by atoms with Crippen molar-refractivity contribution >= 4 is 5.97 Å². The lowest BCUT2D eigenvalue weighted by Crippen LogP contribution is -2.45. The molecule has 4 saturated heterocycles. The molecule has 6 heteroatoms. The molecule has 0 amide bonds. The summed E-state index contributed by atoms with van der Waals surface area (Å²) in [6.45, 7) is 41.2. The van der Waals surface area contributed by atoms with Crippen molar-refractivity contribution in [2.75, 3.05) is 52.4 Å². The Labute approximate surface area is 269 Å². The molecule has 0 radical (unpaired) electrons. The maximum atomic E-state index is 10.6. The first-order valence-electron chi connectivity index (χ1n) is 17.7. The van der Waals surface area contributed by atoms with Crippen LogP contribution < -0.4 is 0 Å². The highest BCUT2D eigenvalue weighted by Gasteiger charge is 2.33. The third kappa shape index (κ3) is 15.9. The summed E-state index contributed by atoms with van der Waals surface area (Å²) in [7, 11) is 0. The van der Waals surface area contributed by atoms with Crippen molar-refractivity contribution in [2.45, 2.75) is 164 Å². The molecule has 4 aliphatic heterocycles. The molecule has 0 saturated carbocycles. The molecule has 1 N–H and O–H groups in total. The predicted molar refractivity (Wildman–Crippen MR) is 187 cm³/mol. The fourth-order valence-corrected chi connectivity index (χ4v) is 6.36. The van der Waals surface area contributed by atoms with Gasteiger partial charge in [0, 0.05) is 35.2 Å². The SMILES string of the molecule is CC(C)(C)N1CCC(C(=O)O)C1.CC(C)(C)N1CCCCC1.CC1CCN(C(C)(C)C)C1.CC1CCN(C(C)(C)C)CC1. The number of nitrogens with zero attached hydrogens (tertiary/aromatic N) is 4. The normalized spacial score (nSPS) is 25.6. The number of aliphatic carboxylic acids is 1. The van der Waals surface area contributed by atoms with Crippen LogP contribution in [-0.2, 0) is 4.79 Å². The van der Waals surface area contributed by atoms with Gasteiger partial charge in [-0.25, -0.2) is 0 Å². The van der Waals surface area contributed by atoms with Crippen LogP contribution in [0.2, 0.25) is 0 Å². The average molecular weight is 609 g/mol. The topological polar surface area (TPSA) is 50.3 Å². The van der Waals surface area contributed by atoms with Crippen LogP contribution >= 0.6 is 0 Å². The summed E-state index contributed by atoms with van der Waals surface area (Å²) >= 11 is 0. The molecule has 0 aromatic heterocycles. The van der Waals surface area contributed by atoms with E-state index in [1.165, 1.54) is 77.8 Å². The van der Waals surface area contributed by atoms with Crippen molar-refractivity contribution in [3.8, 4) is 0 Å². The molecule has 0 spiro atoms. The molecule has 43 heavy (non-hydrogen) atoms. The van der Waals surface area contributed by atoms with Crippen LogP contribution in [0.15, 0.2) is 0 Å². The number of carboxylic acids is 1. The molecule has 6 nitrogen and oxygen atoms in total. The Bertz CT molecular complexity index is 758. The van der Waals surface area contributed by atoms with Gasteiger partial charge in [0.2, 0.25) is 0 Å². The van der Waals surface area contributed by atoms with Crippen LogP contribution in [0.3, 0.4) is 0 Å². The van der Waals surface area contributed by atoms with Gasteiger partial charge in [-0.2, -0.15) is 0 Å². The van der Waals surface area contributed by atoms with E-state index < -0.39 is 5.97 Å². The quantitative estimate of drug-likeness (QED) is 0.325. The van der Waals surface area contributed by atoms with Gasteiger partial charge in [0.05, 0.1) is 5.92 Å². The molecule has 4 fully saturated rings. The van der Waals surface area contributed by atoms with Gasteiger partial charge in [0.25, 0.3) is 0 Å². The number of hydrogen-bond donors (Lipinski definition) is 1. The molecule has 4 aliphatic rings. The Morgan fingerprint density at radius 3 is 1.12 bits per heavy atom. The molecule has 0 aromatic rings. The predicted octanol–water partition coefficient (Wildman–Crippen LogP) is 8.11. The second kappa shape index (κ2) is 17.3. The van der Waals surface area contributed by atoms with Crippen molar-refractivity contribution in [1.29, 1.82) is 0 Å². The second-order valence-corrected chi connectivity index (χ2v) is 18.0. The van der Waals surface area contributed by atoms with E-state index in [0.29, 0.717) is 23.2 Å². The van der Waals surface area contributed by atoms with Crippen LogP contribution in [0.4, 0.5) is 0 Å². The van der Waals surface area contributed by atoms with Crippen molar-refractivity contribution < 1.29 is 9.90 Å². The minimum absolute atomic E-state index is 0.115. The zero-order valence-corrected chi connectivity index (χ0v) is 31.5. The highest BCUT2D eigenvalue weighted by molar-refractivity contribution is 5.70. The summed E-state index contributed by atoms with van der Waals surface area (Å²) in [6, 6.07) is 0. The molecule has 0 bridgehead atoms. The van der Waals surface area contributed by atoms with Crippen LogP contribution in [0, 0.1) is 17.8 Å². The van der Waals surface area contributed by atoms with Gasteiger partial charge in [0.15, 0.2) is 0 Å². The number of likely N-dealkylation sites (tertiary alicyclic amines) is 4. The molecule has 0 aromatic carbocycles. The van der Waals surface area contributed by atoms with E-state index in [-0.39, 0.29) is 11.5 Å². The van der Waals surface area contributed by atoms with Crippen LogP contribution in [0.5, 0.6) is 0 Å². The molecule has 0 aliphatic carbocycles. The van der Waals surface area contributed by atoms with Gasteiger partial charge in [-0.3, -0.25) is 24.4 Å². The minimum atomic E-state index is -0.651. The largest absolute Gasteiger partial charge is 0.481 e. The van der Waals surface area contributed by atoms with Crippen molar-refractivity contribution in [2.24, 2.45) is 17.8 Å². The molecule has 4 rings (SSSR count). The Kier molecular flexibility index (Phi) is 16.2. The standard InChI is InChI=1S/C10H21N.C9H17NO2.2C9H19N/c1-9-5-7-11(8-6-9)10(2,3)4;1-9(2,3)10-5-4-7(6-10)8(11)12;1-8-5-6-10(7-8)9(2,3)4;1-9(2,3)10-7-5-4-6-8-10/h9H,5-8H2,1-4H3;7H,4-6H2,1-3H3,(H,11,12);8H,5-7H2,1-4H3;4-8H2,1-3H3. The molecule has 2 atom stereocenters. The molecule has 256 valence electrons. The number of hydrogen-bond acceptors (Lipinski definition) is 5. The second-order valence-electron chi connectivity index (χ2n) is 18.0. The van der Waals surface area contributed by atoms with Gasteiger partial charge in [-0.15, -0.1) is 0 Å². The maximum Gasteiger partial charge on any atom is 0.307 e. The van der Waals surface area contributed by atoms with E-state index in [1.807, 2.05) is 0 Å². The van der Waals surface area contributed by atoms with Crippen LogP contribution in [-0.4, -0.2) is 105 Å². The Balaban J connectivity index is 0.000000287. The zero-order chi connectivity index (χ0) is 33.2. The van der Waals surface area contributed by atoms with Crippen LogP contribution in [0.1, 0.15) is 142 Å². The summed E-state index contributed by atoms with van der Waals surface area (Å²) in [5.74, 6) is 1.07. The average Bonchev–Trinajstić information content (AvgIpc) is 3.55. The zero-order valence-electron chi connectivity index (χ0n) is 31.5. The minimum Gasteiger partial charge on any atom is -0.481 e.